The third kappa shape index (κ3) is 4.07. The number of benzene rings is 3. The van der Waals surface area contributed by atoms with E-state index in [1.54, 1.807) is 0 Å². The Morgan fingerprint density at radius 1 is 0.846 bits per heavy atom. The molecule has 0 spiro atoms. The van der Waals surface area contributed by atoms with Crippen LogP contribution in [0.1, 0.15) is 77.0 Å². The molecular formula is C36H39N2S+. The first-order valence-electron chi connectivity index (χ1n) is 14.2. The summed E-state index contributed by atoms with van der Waals surface area (Å²) in [7, 11) is 2.18. The fourth-order valence-electron chi connectivity index (χ4n) is 6.75. The minimum atomic E-state index is -0.420. The second-order valence-corrected chi connectivity index (χ2v) is 14.5. The van der Waals surface area contributed by atoms with Gasteiger partial charge in [-0.15, -0.1) is 11.3 Å². The van der Waals surface area contributed by atoms with Crippen molar-refractivity contribution in [1.29, 1.82) is 0 Å². The normalized spacial score (nSPS) is 17.1. The van der Waals surface area contributed by atoms with E-state index in [1.807, 2.05) is 11.3 Å². The van der Waals surface area contributed by atoms with E-state index in [2.05, 4.69) is 119 Å². The van der Waals surface area contributed by atoms with E-state index in [-0.39, 0.29) is 5.41 Å². The molecule has 6 rings (SSSR count). The van der Waals surface area contributed by atoms with Gasteiger partial charge in [0.05, 0.1) is 11.1 Å². The number of rotatable bonds is 2. The number of pyridine rings is 1. The third-order valence-electron chi connectivity index (χ3n) is 9.31. The smallest absolute Gasteiger partial charge is 0.258 e. The highest BCUT2D eigenvalue weighted by Crippen LogP contribution is 2.52. The van der Waals surface area contributed by atoms with E-state index < -0.39 is 5.54 Å². The molecular weight excluding hydrogens is 492 g/mol. The highest BCUT2D eigenvalue weighted by Gasteiger charge is 2.46. The molecule has 2 nitrogen and oxygen atoms in total. The van der Waals surface area contributed by atoms with Gasteiger partial charge in [0.15, 0.2) is 6.20 Å². The zero-order chi connectivity index (χ0) is 27.7. The van der Waals surface area contributed by atoms with Crippen molar-refractivity contribution in [1.82, 2.24) is 0 Å². The van der Waals surface area contributed by atoms with Gasteiger partial charge >= 0.3 is 0 Å². The van der Waals surface area contributed by atoms with Gasteiger partial charge in [-0.3, -0.25) is 0 Å². The third-order valence-corrected chi connectivity index (χ3v) is 10.6. The molecule has 1 aliphatic carbocycles. The quantitative estimate of drug-likeness (QED) is 0.158. The SMILES string of the molecule is [C-]#[N+]C1(c2cccc3c2sc2c(-c4cc(C(C)(C)C)c5ccccc5c4C)[n+](C)ccc23)CCC(C)(C)CC1. The minimum Gasteiger partial charge on any atom is -0.305 e. The Kier molecular flexibility index (Phi) is 5.94. The molecule has 0 amide bonds. The molecule has 39 heavy (non-hydrogen) atoms. The molecule has 1 aliphatic rings. The van der Waals surface area contributed by atoms with Crippen LogP contribution in [0.3, 0.4) is 0 Å². The Labute approximate surface area is 237 Å². The van der Waals surface area contributed by atoms with Crippen LogP contribution in [0.15, 0.2) is 60.8 Å². The lowest BCUT2D eigenvalue weighted by atomic mass is 9.67. The fraction of sp³-hybridized carbons (Fsp3) is 0.389. The van der Waals surface area contributed by atoms with E-state index in [0.717, 1.165) is 25.7 Å². The summed E-state index contributed by atoms with van der Waals surface area (Å²) in [4.78, 5) is 4.37. The summed E-state index contributed by atoms with van der Waals surface area (Å²) in [6.07, 6.45) is 6.30. The van der Waals surface area contributed by atoms with Crippen LogP contribution >= 0.6 is 11.3 Å². The molecule has 2 heterocycles. The zero-order valence-electron chi connectivity index (χ0n) is 24.4. The van der Waals surface area contributed by atoms with E-state index in [1.165, 1.54) is 58.9 Å². The maximum Gasteiger partial charge on any atom is 0.258 e. The van der Waals surface area contributed by atoms with Crippen molar-refractivity contribution in [3.05, 3.63) is 88.9 Å². The van der Waals surface area contributed by atoms with Gasteiger partial charge in [0.1, 0.15) is 11.7 Å². The van der Waals surface area contributed by atoms with Gasteiger partial charge in [0.2, 0.25) is 5.69 Å². The molecule has 1 saturated carbocycles. The van der Waals surface area contributed by atoms with Gasteiger partial charge < -0.3 is 4.85 Å². The molecule has 0 aliphatic heterocycles. The van der Waals surface area contributed by atoms with Crippen molar-refractivity contribution < 1.29 is 4.57 Å². The summed E-state index contributed by atoms with van der Waals surface area (Å²) in [6, 6.07) is 20.3. The Bertz CT molecular complexity index is 1800. The predicted molar refractivity (Wildman–Crippen MR) is 167 cm³/mol. The molecule has 3 heteroatoms. The molecule has 0 atom stereocenters. The first-order valence-corrected chi connectivity index (χ1v) is 15.0. The number of hydrogen-bond donors (Lipinski definition) is 0. The topological polar surface area (TPSA) is 8.24 Å². The monoisotopic (exact) mass is 531 g/mol. The second-order valence-electron chi connectivity index (χ2n) is 13.5. The van der Waals surface area contributed by atoms with Crippen LogP contribution in [0.4, 0.5) is 0 Å². The van der Waals surface area contributed by atoms with E-state index in [9.17, 15) is 0 Å². The fourth-order valence-corrected chi connectivity index (χ4v) is 8.25. The lowest BCUT2D eigenvalue weighted by Crippen LogP contribution is -2.32. The molecule has 0 unspecified atom stereocenters. The van der Waals surface area contributed by atoms with Gasteiger partial charge in [-0.1, -0.05) is 71.0 Å². The van der Waals surface area contributed by atoms with Crippen molar-refractivity contribution in [2.45, 2.75) is 78.2 Å². The largest absolute Gasteiger partial charge is 0.305 e. The maximum absolute atomic E-state index is 8.35. The molecule has 0 bridgehead atoms. The van der Waals surface area contributed by atoms with Crippen LogP contribution < -0.4 is 4.57 Å². The standard InChI is InChI=1S/C36H39N2S/c1-23-24-12-9-10-13-25(24)30(34(2,3)4)22-28(23)31-33-27(16-21-38(31)8)26-14-11-15-29(32(26)39-33)36(37-7)19-17-35(5,6)18-20-36/h9-16,21-22H,17-20H2,1-6,8H3/q+1. The zero-order valence-corrected chi connectivity index (χ0v) is 25.2. The van der Waals surface area contributed by atoms with Crippen LogP contribution in [0.2, 0.25) is 0 Å². The number of thiophene rings is 1. The minimum absolute atomic E-state index is 0.0264. The Morgan fingerprint density at radius 3 is 2.15 bits per heavy atom. The van der Waals surface area contributed by atoms with Crippen LogP contribution in [-0.2, 0) is 18.0 Å². The van der Waals surface area contributed by atoms with Crippen molar-refractivity contribution in [2.75, 3.05) is 0 Å². The number of aryl methyl sites for hydroxylation is 2. The molecule has 0 N–H and O–H groups in total. The van der Waals surface area contributed by atoms with E-state index >= 15 is 0 Å². The van der Waals surface area contributed by atoms with Crippen molar-refractivity contribution in [2.24, 2.45) is 12.5 Å². The predicted octanol–water partition coefficient (Wildman–Crippen LogP) is 10.0. The van der Waals surface area contributed by atoms with Crippen molar-refractivity contribution in [3.63, 3.8) is 0 Å². The van der Waals surface area contributed by atoms with Crippen molar-refractivity contribution >= 4 is 42.3 Å². The molecule has 5 aromatic rings. The first-order chi connectivity index (χ1) is 18.5. The highest BCUT2D eigenvalue weighted by atomic mass is 32.1. The summed E-state index contributed by atoms with van der Waals surface area (Å²) < 4.78 is 4.91. The summed E-state index contributed by atoms with van der Waals surface area (Å²) in [5, 5.41) is 5.26. The molecule has 3 aromatic carbocycles. The van der Waals surface area contributed by atoms with Gasteiger partial charge in [-0.05, 0) is 64.6 Å². The van der Waals surface area contributed by atoms with Crippen LogP contribution in [-0.4, -0.2) is 0 Å². The van der Waals surface area contributed by atoms with Crippen LogP contribution in [0.5, 0.6) is 0 Å². The Hall–Kier alpha value is -3.22. The van der Waals surface area contributed by atoms with Crippen LogP contribution in [0.25, 0.3) is 47.0 Å². The summed E-state index contributed by atoms with van der Waals surface area (Å²) in [5.41, 5.74) is 6.46. The lowest BCUT2D eigenvalue weighted by molar-refractivity contribution is -0.659. The number of fused-ring (bicyclic) bond motifs is 4. The van der Waals surface area contributed by atoms with Gasteiger partial charge in [-0.25, -0.2) is 6.57 Å². The van der Waals surface area contributed by atoms with Gasteiger partial charge in [0.25, 0.3) is 5.54 Å². The van der Waals surface area contributed by atoms with Crippen molar-refractivity contribution in [3.8, 4) is 11.3 Å². The molecule has 2 aromatic heterocycles. The molecule has 0 saturated heterocycles. The lowest BCUT2D eigenvalue weighted by Gasteiger charge is -2.36. The van der Waals surface area contributed by atoms with Gasteiger partial charge in [-0.2, -0.15) is 4.57 Å². The first kappa shape index (κ1) is 26.0. The molecule has 1 fully saturated rings. The number of aromatic nitrogens is 1. The molecule has 198 valence electrons. The van der Waals surface area contributed by atoms with Gasteiger partial charge in [0, 0.05) is 34.4 Å². The number of nitrogens with zero attached hydrogens (tertiary/aromatic N) is 2. The second kappa shape index (κ2) is 8.90. The average molecular weight is 532 g/mol. The number of hydrogen-bond acceptors (Lipinski definition) is 1. The highest BCUT2D eigenvalue weighted by molar-refractivity contribution is 7.26. The summed E-state index contributed by atoms with van der Waals surface area (Å²) in [6.45, 7) is 22.3. The van der Waals surface area contributed by atoms with Crippen LogP contribution in [0, 0.1) is 18.9 Å². The van der Waals surface area contributed by atoms with E-state index in [4.69, 9.17) is 6.57 Å². The Morgan fingerprint density at radius 2 is 1.49 bits per heavy atom. The Balaban J connectivity index is 1.66. The molecule has 0 radical (unpaired) electrons. The average Bonchev–Trinajstić information content (AvgIpc) is 3.28. The van der Waals surface area contributed by atoms with E-state index in [0.29, 0.717) is 5.41 Å². The summed E-state index contributed by atoms with van der Waals surface area (Å²) >= 11 is 1.89. The maximum atomic E-state index is 8.35. The summed E-state index contributed by atoms with van der Waals surface area (Å²) in [5.74, 6) is 0.